The summed E-state index contributed by atoms with van der Waals surface area (Å²) in [5.41, 5.74) is 9.74. The van der Waals surface area contributed by atoms with Crippen molar-refractivity contribution in [1.82, 2.24) is 4.90 Å². The predicted octanol–water partition coefficient (Wildman–Crippen LogP) is 2.54. The highest BCUT2D eigenvalue weighted by Crippen LogP contribution is 2.20. The molecule has 1 saturated heterocycles. The van der Waals surface area contributed by atoms with Crippen LogP contribution in [0.4, 0.5) is 0 Å². The van der Waals surface area contributed by atoms with Gasteiger partial charge in [0.1, 0.15) is 0 Å². The van der Waals surface area contributed by atoms with Crippen LogP contribution in [0.5, 0.6) is 0 Å². The van der Waals surface area contributed by atoms with Crippen molar-refractivity contribution < 1.29 is 5.11 Å². The normalized spacial score (nSPS) is 25.6. The summed E-state index contributed by atoms with van der Waals surface area (Å²) in [6, 6.07) is 10.1. The molecule has 2 rings (SSSR count). The van der Waals surface area contributed by atoms with Crippen molar-refractivity contribution in [2.75, 3.05) is 19.6 Å². The van der Waals surface area contributed by atoms with E-state index in [4.69, 9.17) is 5.53 Å². The minimum Gasteiger partial charge on any atom is -0.391 e. The van der Waals surface area contributed by atoms with E-state index in [2.05, 4.69) is 46.1 Å². The van der Waals surface area contributed by atoms with Gasteiger partial charge in [0.2, 0.25) is 0 Å². The van der Waals surface area contributed by atoms with Crippen LogP contribution in [0.1, 0.15) is 24.8 Å². The zero-order chi connectivity index (χ0) is 13.7. The average molecular weight is 260 g/mol. The van der Waals surface area contributed by atoms with Gasteiger partial charge >= 0.3 is 0 Å². The summed E-state index contributed by atoms with van der Waals surface area (Å²) in [6.45, 7) is 4.57. The zero-order valence-corrected chi connectivity index (χ0v) is 11.2. The first-order valence-corrected chi connectivity index (χ1v) is 6.70. The lowest BCUT2D eigenvalue weighted by molar-refractivity contribution is 0.0515. The molecule has 0 spiro atoms. The number of rotatable bonds is 4. The molecule has 0 aliphatic carbocycles. The molecule has 0 radical (unpaired) electrons. The first-order valence-electron chi connectivity index (χ1n) is 6.70. The van der Waals surface area contributed by atoms with Crippen LogP contribution in [0.2, 0.25) is 0 Å². The highest BCUT2D eigenvalue weighted by atomic mass is 16.3. The van der Waals surface area contributed by atoms with E-state index in [-0.39, 0.29) is 6.04 Å². The number of aliphatic hydroxyl groups excluding tert-OH is 1. The largest absolute Gasteiger partial charge is 0.391 e. The van der Waals surface area contributed by atoms with Gasteiger partial charge in [-0.05, 0) is 30.0 Å². The zero-order valence-electron chi connectivity index (χ0n) is 11.2. The monoisotopic (exact) mass is 260 g/mol. The minimum atomic E-state index is -0.548. The van der Waals surface area contributed by atoms with Crippen molar-refractivity contribution in [2.24, 2.45) is 5.11 Å². The molecular formula is C14H20N4O. The maximum Gasteiger partial charge on any atom is 0.0752 e. The Morgan fingerprint density at radius 1 is 1.47 bits per heavy atom. The molecule has 1 aromatic carbocycles. The van der Waals surface area contributed by atoms with Gasteiger partial charge in [0.25, 0.3) is 0 Å². The molecule has 1 aliphatic heterocycles. The Labute approximate surface area is 113 Å². The van der Waals surface area contributed by atoms with Crippen molar-refractivity contribution >= 4 is 0 Å². The van der Waals surface area contributed by atoms with E-state index in [9.17, 15) is 5.11 Å². The molecular weight excluding hydrogens is 240 g/mol. The minimum absolute atomic E-state index is 0.270. The lowest BCUT2D eigenvalue weighted by Crippen LogP contribution is -2.46. The number of nitrogens with zero attached hydrogens (tertiary/aromatic N) is 4. The van der Waals surface area contributed by atoms with Gasteiger partial charge in [0.05, 0.1) is 12.1 Å². The van der Waals surface area contributed by atoms with Crippen LogP contribution >= 0.6 is 0 Å². The second kappa shape index (κ2) is 6.57. The Morgan fingerprint density at radius 2 is 2.21 bits per heavy atom. The Balaban J connectivity index is 1.89. The van der Waals surface area contributed by atoms with Crippen LogP contribution in [-0.2, 0) is 0 Å². The third-order valence-corrected chi connectivity index (χ3v) is 3.73. The van der Waals surface area contributed by atoms with Crippen molar-refractivity contribution in [3.8, 4) is 0 Å². The summed E-state index contributed by atoms with van der Waals surface area (Å²) in [5.74, 6) is 0.435. The number of piperidine rings is 1. The van der Waals surface area contributed by atoms with Crippen LogP contribution in [0.3, 0.4) is 0 Å². The molecule has 5 heteroatoms. The Morgan fingerprint density at radius 3 is 2.84 bits per heavy atom. The maximum absolute atomic E-state index is 9.95. The lowest BCUT2D eigenvalue weighted by atomic mass is 9.97. The Bertz CT molecular complexity index is 444. The molecule has 1 aliphatic rings. The number of azide groups is 1. The molecule has 5 nitrogen and oxygen atoms in total. The Kier molecular flexibility index (Phi) is 4.80. The van der Waals surface area contributed by atoms with E-state index in [0.717, 1.165) is 19.5 Å². The second-order valence-corrected chi connectivity index (χ2v) is 5.20. The number of benzene rings is 1. The molecule has 0 aromatic heterocycles. The van der Waals surface area contributed by atoms with E-state index in [0.29, 0.717) is 12.5 Å². The third-order valence-electron chi connectivity index (χ3n) is 3.73. The van der Waals surface area contributed by atoms with Gasteiger partial charge in [-0.3, -0.25) is 0 Å². The molecule has 1 heterocycles. The van der Waals surface area contributed by atoms with Gasteiger partial charge in [-0.1, -0.05) is 42.4 Å². The molecule has 1 unspecified atom stereocenters. The fourth-order valence-electron chi connectivity index (χ4n) is 2.63. The van der Waals surface area contributed by atoms with Gasteiger partial charge < -0.3 is 10.0 Å². The van der Waals surface area contributed by atoms with Gasteiger partial charge in [0, 0.05) is 18.0 Å². The molecule has 19 heavy (non-hydrogen) atoms. The maximum atomic E-state index is 9.95. The van der Waals surface area contributed by atoms with Crippen LogP contribution in [-0.4, -0.2) is 41.8 Å². The topological polar surface area (TPSA) is 72.2 Å². The summed E-state index contributed by atoms with van der Waals surface area (Å²) in [5, 5.41) is 13.6. The van der Waals surface area contributed by atoms with Gasteiger partial charge in [-0.15, -0.1) is 0 Å². The lowest BCUT2D eigenvalue weighted by Gasteiger charge is -2.35. The van der Waals surface area contributed by atoms with Crippen molar-refractivity contribution in [2.45, 2.75) is 31.4 Å². The van der Waals surface area contributed by atoms with Crippen molar-refractivity contribution in [1.29, 1.82) is 0 Å². The van der Waals surface area contributed by atoms with Gasteiger partial charge in [-0.25, -0.2) is 0 Å². The fraction of sp³-hybridized carbons (Fsp3) is 0.571. The highest BCUT2D eigenvalue weighted by molar-refractivity contribution is 5.19. The molecule has 102 valence electrons. The van der Waals surface area contributed by atoms with Gasteiger partial charge in [0.15, 0.2) is 0 Å². The van der Waals surface area contributed by atoms with E-state index in [1.54, 1.807) is 0 Å². The number of β-amino-alcohol motifs (C(OH)–C–C–N with tert-alkyl or cyclic N) is 1. The third kappa shape index (κ3) is 3.70. The Hall–Kier alpha value is -1.55. The molecule has 0 saturated carbocycles. The molecule has 0 amide bonds. The fourth-order valence-corrected chi connectivity index (χ4v) is 2.63. The standard InChI is InChI=1S/C14H20N4O/c1-11(12-5-3-2-4-6-12)9-18-8-7-13(16-17-15)14(19)10-18/h2-6,11,13-14,19H,7-10H2,1H3/t11?,13-,14-/m1/s1. The average Bonchev–Trinajstić information content (AvgIpc) is 2.43. The smallest absolute Gasteiger partial charge is 0.0752 e. The van der Waals surface area contributed by atoms with Crippen molar-refractivity contribution in [3.05, 3.63) is 46.3 Å². The van der Waals surface area contributed by atoms with E-state index in [1.807, 2.05) is 6.07 Å². The molecule has 1 aromatic rings. The van der Waals surface area contributed by atoms with Crippen LogP contribution < -0.4 is 0 Å². The second-order valence-electron chi connectivity index (χ2n) is 5.20. The summed E-state index contributed by atoms with van der Waals surface area (Å²) >= 11 is 0. The summed E-state index contributed by atoms with van der Waals surface area (Å²) in [7, 11) is 0. The number of hydrogen-bond donors (Lipinski definition) is 1. The van der Waals surface area contributed by atoms with Gasteiger partial charge in [-0.2, -0.15) is 0 Å². The summed E-state index contributed by atoms with van der Waals surface area (Å²) in [6.07, 6.45) is 0.180. The van der Waals surface area contributed by atoms with E-state index < -0.39 is 6.10 Å². The van der Waals surface area contributed by atoms with Crippen molar-refractivity contribution in [3.63, 3.8) is 0 Å². The first-order chi connectivity index (χ1) is 9.20. The molecule has 3 atom stereocenters. The highest BCUT2D eigenvalue weighted by Gasteiger charge is 2.27. The number of hydrogen-bond acceptors (Lipinski definition) is 3. The van der Waals surface area contributed by atoms with Crippen LogP contribution in [0, 0.1) is 0 Å². The molecule has 0 bridgehead atoms. The van der Waals surface area contributed by atoms with E-state index >= 15 is 0 Å². The summed E-state index contributed by atoms with van der Waals surface area (Å²) < 4.78 is 0. The molecule has 1 fully saturated rings. The first kappa shape index (κ1) is 13.9. The quantitative estimate of drug-likeness (QED) is 0.513. The number of aliphatic hydroxyl groups is 1. The molecule has 1 N–H and O–H groups in total. The SMILES string of the molecule is CC(CN1CC[C@@H](N=[N+]=[N-])[C@H](O)C1)c1ccccc1. The van der Waals surface area contributed by atoms with Crippen LogP contribution in [0.15, 0.2) is 35.4 Å². The summed E-state index contributed by atoms with van der Waals surface area (Å²) in [4.78, 5) is 5.03. The number of likely N-dealkylation sites (tertiary alicyclic amines) is 1. The predicted molar refractivity (Wildman–Crippen MR) is 74.9 cm³/mol. The van der Waals surface area contributed by atoms with E-state index in [1.165, 1.54) is 5.56 Å². The van der Waals surface area contributed by atoms with Crippen LogP contribution in [0.25, 0.3) is 10.4 Å².